The summed E-state index contributed by atoms with van der Waals surface area (Å²) in [7, 11) is 0. The van der Waals surface area contributed by atoms with Crippen LogP contribution in [0.5, 0.6) is 11.6 Å². The molecule has 0 radical (unpaired) electrons. The number of nitrogens with one attached hydrogen (secondary N) is 1. The number of aryl methyl sites for hydroxylation is 1. The highest BCUT2D eigenvalue weighted by Crippen LogP contribution is 2.34. The van der Waals surface area contributed by atoms with Crippen molar-refractivity contribution in [1.29, 1.82) is 0 Å². The van der Waals surface area contributed by atoms with Crippen LogP contribution >= 0.6 is 0 Å². The van der Waals surface area contributed by atoms with E-state index in [1.54, 1.807) is 12.4 Å². The smallest absolute Gasteiger partial charge is 0.239 e. The SMILES string of the molecule is CCNc1cncc(Oc2ccc(C)cc2C(C)(C)C)n1. The molecule has 1 aromatic heterocycles. The molecule has 1 N–H and O–H groups in total. The summed E-state index contributed by atoms with van der Waals surface area (Å²) in [6.45, 7) is 11.4. The highest BCUT2D eigenvalue weighted by molar-refractivity contribution is 5.43. The zero-order valence-electron chi connectivity index (χ0n) is 13.4. The zero-order chi connectivity index (χ0) is 15.5. The molecule has 0 aliphatic heterocycles. The van der Waals surface area contributed by atoms with Gasteiger partial charge in [0.25, 0.3) is 0 Å². The minimum absolute atomic E-state index is 0.00800. The molecule has 1 heterocycles. The van der Waals surface area contributed by atoms with E-state index in [4.69, 9.17) is 4.74 Å². The van der Waals surface area contributed by atoms with Crippen molar-refractivity contribution in [2.24, 2.45) is 0 Å². The van der Waals surface area contributed by atoms with E-state index in [0.717, 1.165) is 23.7 Å². The Labute approximate surface area is 126 Å². The molecule has 0 fully saturated rings. The van der Waals surface area contributed by atoms with Crippen LogP contribution < -0.4 is 10.1 Å². The molecule has 0 bridgehead atoms. The van der Waals surface area contributed by atoms with Crippen molar-refractivity contribution in [1.82, 2.24) is 9.97 Å². The molecule has 0 saturated heterocycles. The average molecular weight is 285 g/mol. The van der Waals surface area contributed by atoms with Crippen LogP contribution in [-0.4, -0.2) is 16.5 Å². The van der Waals surface area contributed by atoms with Crippen LogP contribution in [0.2, 0.25) is 0 Å². The van der Waals surface area contributed by atoms with Crippen molar-refractivity contribution in [3.05, 3.63) is 41.7 Å². The molecule has 0 unspecified atom stereocenters. The van der Waals surface area contributed by atoms with Gasteiger partial charge in [-0.15, -0.1) is 0 Å². The first-order valence-electron chi connectivity index (χ1n) is 7.25. The zero-order valence-corrected chi connectivity index (χ0v) is 13.4. The summed E-state index contributed by atoms with van der Waals surface area (Å²) in [5.74, 6) is 2.05. The lowest BCUT2D eigenvalue weighted by atomic mass is 9.85. The van der Waals surface area contributed by atoms with Gasteiger partial charge in [-0.25, -0.2) is 0 Å². The number of benzene rings is 1. The van der Waals surface area contributed by atoms with Gasteiger partial charge in [0, 0.05) is 12.1 Å². The lowest BCUT2D eigenvalue weighted by molar-refractivity contribution is 0.438. The fourth-order valence-electron chi connectivity index (χ4n) is 2.10. The Morgan fingerprint density at radius 1 is 1.19 bits per heavy atom. The van der Waals surface area contributed by atoms with E-state index in [0.29, 0.717) is 5.88 Å². The minimum Gasteiger partial charge on any atom is -0.437 e. The van der Waals surface area contributed by atoms with Crippen LogP contribution in [0, 0.1) is 6.92 Å². The second kappa shape index (κ2) is 6.12. The first-order valence-corrected chi connectivity index (χ1v) is 7.25. The molecule has 0 saturated carbocycles. The van der Waals surface area contributed by atoms with E-state index in [9.17, 15) is 0 Å². The van der Waals surface area contributed by atoms with Crippen molar-refractivity contribution in [3.8, 4) is 11.6 Å². The molecule has 2 rings (SSSR count). The quantitative estimate of drug-likeness (QED) is 0.909. The summed E-state index contributed by atoms with van der Waals surface area (Å²) in [6, 6.07) is 6.21. The van der Waals surface area contributed by atoms with E-state index in [1.165, 1.54) is 5.56 Å². The fourth-order valence-corrected chi connectivity index (χ4v) is 2.10. The Bertz CT molecular complexity index is 618. The fraction of sp³-hybridized carbons (Fsp3) is 0.412. The van der Waals surface area contributed by atoms with Crippen LogP contribution in [-0.2, 0) is 5.41 Å². The van der Waals surface area contributed by atoms with E-state index >= 15 is 0 Å². The van der Waals surface area contributed by atoms with Crippen LogP contribution in [0.4, 0.5) is 5.82 Å². The molecular formula is C17H23N3O. The summed E-state index contributed by atoms with van der Waals surface area (Å²) < 4.78 is 5.96. The van der Waals surface area contributed by atoms with Gasteiger partial charge in [0.15, 0.2) is 0 Å². The molecule has 2 aromatic rings. The highest BCUT2D eigenvalue weighted by Gasteiger charge is 2.20. The predicted molar refractivity (Wildman–Crippen MR) is 86.1 cm³/mol. The molecule has 4 nitrogen and oxygen atoms in total. The van der Waals surface area contributed by atoms with Crippen molar-refractivity contribution in [2.75, 3.05) is 11.9 Å². The van der Waals surface area contributed by atoms with Crippen molar-refractivity contribution in [3.63, 3.8) is 0 Å². The summed E-state index contributed by atoms with van der Waals surface area (Å²) in [6.07, 6.45) is 3.32. The monoisotopic (exact) mass is 285 g/mol. The lowest BCUT2D eigenvalue weighted by Gasteiger charge is -2.23. The second-order valence-electron chi connectivity index (χ2n) is 6.12. The van der Waals surface area contributed by atoms with Gasteiger partial charge in [-0.3, -0.25) is 4.98 Å². The van der Waals surface area contributed by atoms with Crippen molar-refractivity contribution in [2.45, 2.75) is 40.0 Å². The molecule has 21 heavy (non-hydrogen) atoms. The topological polar surface area (TPSA) is 47.0 Å². The Balaban J connectivity index is 2.33. The van der Waals surface area contributed by atoms with Gasteiger partial charge in [0.05, 0.1) is 12.4 Å². The van der Waals surface area contributed by atoms with E-state index in [2.05, 4.69) is 49.0 Å². The third kappa shape index (κ3) is 3.94. The molecule has 0 aliphatic carbocycles. The molecule has 0 spiro atoms. The maximum Gasteiger partial charge on any atom is 0.239 e. The van der Waals surface area contributed by atoms with Crippen LogP contribution in [0.3, 0.4) is 0 Å². The van der Waals surface area contributed by atoms with E-state index < -0.39 is 0 Å². The molecule has 1 aromatic carbocycles. The van der Waals surface area contributed by atoms with Gasteiger partial charge in [-0.2, -0.15) is 4.98 Å². The largest absolute Gasteiger partial charge is 0.437 e. The van der Waals surface area contributed by atoms with Gasteiger partial charge < -0.3 is 10.1 Å². The van der Waals surface area contributed by atoms with Crippen molar-refractivity contribution < 1.29 is 4.74 Å². The summed E-state index contributed by atoms with van der Waals surface area (Å²) >= 11 is 0. The van der Waals surface area contributed by atoms with Crippen LogP contribution in [0.15, 0.2) is 30.6 Å². The lowest BCUT2D eigenvalue weighted by Crippen LogP contribution is -2.13. The second-order valence-corrected chi connectivity index (χ2v) is 6.12. The van der Waals surface area contributed by atoms with E-state index in [1.807, 2.05) is 19.1 Å². The first-order chi connectivity index (χ1) is 9.90. The average Bonchev–Trinajstić information content (AvgIpc) is 2.40. The van der Waals surface area contributed by atoms with E-state index in [-0.39, 0.29) is 5.41 Å². The Kier molecular flexibility index (Phi) is 4.46. The number of aromatic nitrogens is 2. The third-order valence-corrected chi connectivity index (χ3v) is 3.13. The Hall–Kier alpha value is -2.10. The number of ether oxygens (including phenoxy) is 1. The van der Waals surface area contributed by atoms with Crippen LogP contribution in [0.25, 0.3) is 0 Å². The highest BCUT2D eigenvalue weighted by atomic mass is 16.5. The molecular weight excluding hydrogens is 262 g/mol. The Morgan fingerprint density at radius 3 is 2.62 bits per heavy atom. The standard InChI is InChI=1S/C17H23N3O/c1-6-19-15-10-18-11-16(20-15)21-14-8-7-12(2)9-13(14)17(3,4)5/h7-11H,6H2,1-5H3,(H,19,20). The number of anilines is 1. The summed E-state index contributed by atoms with van der Waals surface area (Å²) in [5, 5.41) is 3.13. The maximum absolute atomic E-state index is 5.96. The number of nitrogens with zero attached hydrogens (tertiary/aromatic N) is 2. The summed E-state index contributed by atoms with van der Waals surface area (Å²) in [5.41, 5.74) is 2.39. The maximum atomic E-state index is 5.96. The number of hydrogen-bond acceptors (Lipinski definition) is 4. The molecule has 112 valence electrons. The summed E-state index contributed by atoms with van der Waals surface area (Å²) in [4.78, 5) is 8.57. The van der Waals surface area contributed by atoms with Gasteiger partial charge in [0.2, 0.25) is 5.88 Å². The van der Waals surface area contributed by atoms with Crippen LogP contribution in [0.1, 0.15) is 38.8 Å². The first kappa shape index (κ1) is 15.3. The van der Waals surface area contributed by atoms with Gasteiger partial charge >= 0.3 is 0 Å². The normalized spacial score (nSPS) is 11.3. The predicted octanol–water partition coefficient (Wildman–Crippen LogP) is 4.31. The third-order valence-electron chi connectivity index (χ3n) is 3.13. The van der Waals surface area contributed by atoms with Gasteiger partial charge in [-0.05, 0) is 25.3 Å². The molecule has 0 aliphatic rings. The minimum atomic E-state index is 0.00800. The van der Waals surface area contributed by atoms with Crippen molar-refractivity contribution >= 4 is 5.82 Å². The number of rotatable bonds is 4. The van der Waals surface area contributed by atoms with Gasteiger partial charge in [-0.1, -0.05) is 38.5 Å². The molecule has 0 amide bonds. The molecule has 4 heteroatoms. The van der Waals surface area contributed by atoms with Gasteiger partial charge in [0.1, 0.15) is 11.6 Å². The molecule has 0 atom stereocenters. The Morgan fingerprint density at radius 2 is 1.95 bits per heavy atom. The number of hydrogen-bond donors (Lipinski definition) is 1.